The molecule has 0 aliphatic carbocycles. The number of fused-ring (bicyclic) bond motifs is 1. The van der Waals surface area contributed by atoms with Crippen LogP contribution in [0.25, 0.3) is 10.9 Å². The lowest BCUT2D eigenvalue weighted by Crippen LogP contribution is -2.12. The van der Waals surface area contributed by atoms with Crippen molar-refractivity contribution in [2.45, 2.75) is 0 Å². The van der Waals surface area contributed by atoms with Crippen LogP contribution in [0.15, 0.2) is 53.5 Å². The first-order chi connectivity index (χ1) is 14.0. The Kier molecular flexibility index (Phi) is 5.00. The molecule has 0 unspecified atom stereocenters. The number of carbonyl (C=O) groups is 1. The number of nitrogens with two attached hydrogens (primary N) is 1. The molecule has 0 saturated heterocycles. The molecule has 0 aliphatic rings. The van der Waals surface area contributed by atoms with Crippen LogP contribution in [-0.2, 0) is 7.05 Å². The number of hydrogen-bond acceptors (Lipinski definition) is 4. The van der Waals surface area contributed by atoms with Crippen LogP contribution in [0.1, 0.15) is 15.9 Å². The van der Waals surface area contributed by atoms with Crippen molar-refractivity contribution in [1.29, 1.82) is 0 Å². The van der Waals surface area contributed by atoms with Gasteiger partial charge < -0.3 is 15.6 Å². The van der Waals surface area contributed by atoms with Gasteiger partial charge in [0.2, 0.25) is 0 Å². The van der Waals surface area contributed by atoms with Gasteiger partial charge in [0.25, 0.3) is 5.91 Å². The van der Waals surface area contributed by atoms with E-state index in [-0.39, 0.29) is 11.4 Å². The van der Waals surface area contributed by atoms with E-state index in [0.29, 0.717) is 21.7 Å². The first-order valence-corrected chi connectivity index (χ1v) is 9.39. The number of anilines is 2. The standard InChI is InChI=1S/C20H16Cl2N6O/c1-28-15-8-3-2-7-13(15)14(17(28)22)10-24-19-16(18(23)29)20(27-26-19)25-12-6-4-5-11(21)9-12/h2-10H,1H3,(H2,23,29)(H2,25,26,27). The third-order valence-corrected chi connectivity index (χ3v) is 5.17. The molecule has 2 heterocycles. The van der Waals surface area contributed by atoms with Gasteiger partial charge in [-0.05, 0) is 24.3 Å². The van der Waals surface area contributed by atoms with Gasteiger partial charge in [-0.25, -0.2) is 4.99 Å². The molecule has 29 heavy (non-hydrogen) atoms. The molecule has 0 atom stereocenters. The second-order valence-electron chi connectivity index (χ2n) is 6.34. The second-order valence-corrected chi connectivity index (χ2v) is 7.13. The SMILES string of the molecule is Cn1c(Cl)c(C=Nc2n[nH]c(Nc3cccc(Cl)c3)c2C(N)=O)c2ccccc21. The minimum atomic E-state index is -0.667. The highest BCUT2D eigenvalue weighted by Crippen LogP contribution is 2.30. The third-order valence-electron chi connectivity index (χ3n) is 4.48. The molecule has 2 aromatic carbocycles. The lowest BCUT2D eigenvalue weighted by molar-refractivity contribution is 0.100. The zero-order valence-corrected chi connectivity index (χ0v) is 16.8. The topological polar surface area (TPSA) is 101 Å². The molecule has 1 amide bonds. The summed E-state index contributed by atoms with van der Waals surface area (Å²) < 4.78 is 1.86. The molecule has 0 saturated carbocycles. The van der Waals surface area contributed by atoms with Gasteiger partial charge in [-0.15, -0.1) is 0 Å². The normalized spacial score (nSPS) is 11.4. The van der Waals surface area contributed by atoms with E-state index in [9.17, 15) is 4.79 Å². The van der Waals surface area contributed by atoms with E-state index in [1.807, 2.05) is 35.9 Å². The van der Waals surface area contributed by atoms with Crippen molar-refractivity contribution in [3.8, 4) is 0 Å². The summed E-state index contributed by atoms with van der Waals surface area (Å²) in [5, 5.41) is 12.0. The number of carbonyl (C=O) groups excluding carboxylic acids is 1. The minimum absolute atomic E-state index is 0.137. The number of nitrogens with zero attached hydrogens (tertiary/aromatic N) is 3. The maximum absolute atomic E-state index is 12.0. The number of para-hydroxylation sites is 1. The quantitative estimate of drug-likeness (QED) is 0.399. The first kappa shape index (κ1) is 19.0. The van der Waals surface area contributed by atoms with Gasteiger partial charge in [0.05, 0.1) is 0 Å². The van der Waals surface area contributed by atoms with Gasteiger partial charge in [-0.1, -0.05) is 47.5 Å². The summed E-state index contributed by atoms with van der Waals surface area (Å²) in [6.45, 7) is 0. The summed E-state index contributed by atoms with van der Waals surface area (Å²) in [6.07, 6.45) is 1.58. The number of amides is 1. The number of primary amides is 1. The zero-order valence-electron chi connectivity index (χ0n) is 15.3. The van der Waals surface area contributed by atoms with E-state index >= 15 is 0 Å². The van der Waals surface area contributed by atoms with Crippen molar-refractivity contribution in [2.75, 3.05) is 5.32 Å². The van der Waals surface area contributed by atoms with Crippen molar-refractivity contribution in [3.05, 3.63) is 69.8 Å². The number of hydrogen-bond donors (Lipinski definition) is 3. The summed E-state index contributed by atoms with van der Waals surface area (Å²) in [7, 11) is 1.87. The van der Waals surface area contributed by atoms with Crippen LogP contribution in [0.5, 0.6) is 0 Å². The van der Waals surface area contributed by atoms with E-state index in [4.69, 9.17) is 28.9 Å². The molecule has 4 aromatic rings. The number of H-pyrrole nitrogens is 1. The largest absolute Gasteiger partial charge is 0.365 e. The summed E-state index contributed by atoms with van der Waals surface area (Å²) in [5.74, 6) is -0.179. The minimum Gasteiger partial charge on any atom is -0.365 e. The monoisotopic (exact) mass is 426 g/mol. The maximum Gasteiger partial charge on any atom is 0.256 e. The van der Waals surface area contributed by atoms with Crippen molar-refractivity contribution in [3.63, 3.8) is 0 Å². The highest BCUT2D eigenvalue weighted by atomic mass is 35.5. The molecule has 0 radical (unpaired) electrons. The Labute approximate surface area is 176 Å². The molecular formula is C20H16Cl2N6O. The Bertz CT molecular complexity index is 1260. The molecular weight excluding hydrogens is 411 g/mol. The highest BCUT2D eigenvalue weighted by Gasteiger charge is 2.19. The fraction of sp³-hybridized carbons (Fsp3) is 0.0500. The molecule has 0 spiro atoms. The van der Waals surface area contributed by atoms with Crippen LogP contribution in [0, 0.1) is 0 Å². The van der Waals surface area contributed by atoms with Crippen molar-refractivity contribution < 1.29 is 4.79 Å². The summed E-state index contributed by atoms with van der Waals surface area (Å²) in [6, 6.07) is 14.8. The van der Waals surface area contributed by atoms with Crippen molar-refractivity contribution >= 4 is 63.5 Å². The smallest absolute Gasteiger partial charge is 0.256 e. The Morgan fingerprint density at radius 2 is 2.03 bits per heavy atom. The van der Waals surface area contributed by atoms with E-state index in [1.165, 1.54) is 0 Å². The second kappa shape index (κ2) is 7.62. The van der Waals surface area contributed by atoms with E-state index in [0.717, 1.165) is 16.5 Å². The predicted octanol–water partition coefficient (Wildman–Crippen LogP) is 4.80. The highest BCUT2D eigenvalue weighted by molar-refractivity contribution is 6.34. The number of aryl methyl sites for hydroxylation is 1. The van der Waals surface area contributed by atoms with Crippen LogP contribution in [0.3, 0.4) is 0 Å². The molecule has 4 N–H and O–H groups in total. The number of aromatic amines is 1. The molecule has 9 heteroatoms. The van der Waals surface area contributed by atoms with Crippen LogP contribution >= 0.6 is 23.2 Å². The number of rotatable bonds is 5. The van der Waals surface area contributed by atoms with E-state index < -0.39 is 5.91 Å². The summed E-state index contributed by atoms with van der Waals surface area (Å²) in [4.78, 5) is 16.4. The van der Waals surface area contributed by atoms with E-state index in [1.54, 1.807) is 30.5 Å². The molecule has 4 rings (SSSR count). The van der Waals surface area contributed by atoms with Gasteiger partial charge in [0.15, 0.2) is 5.82 Å². The number of aromatic nitrogens is 3. The Hall–Kier alpha value is -3.29. The zero-order chi connectivity index (χ0) is 20.5. The van der Waals surface area contributed by atoms with Gasteiger partial charge in [-0.3, -0.25) is 9.89 Å². The average Bonchev–Trinajstić information content (AvgIpc) is 3.20. The van der Waals surface area contributed by atoms with Gasteiger partial charge in [0, 0.05) is 40.4 Å². The van der Waals surface area contributed by atoms with Crippen LogP contribution in [-0.4, -0.2) is 26.9 Å². The lowest BCUT2D eigenvalue weighted by atomic mass is 10.2. The Morgan fingerprint density at radius 3 is 2.79 bits per heavy atom. The number of aliphatic imine (C=N–C) groups is 1. The Balaban J connectivity index is 1.72. The lowest BCUT2D eigenvalue weighted by Gasteiger charge is -2.05. The van der Waals surface area contributed by atoms with Gasteiger partial charge in [-0.2, -0.15) is 5.10 Å². The van der Waals surface area contributed by atoms with Crippen LogP contribution in [0.2, 0.25) is 10.2 Å². The molecule has 2 aromatic heterocycles. The average molecular weight is 427 g/mol. The summed E-state index contributed by atoms with van der Waals surface area (Å²) in [5.41, 5.74) is 8.08. The molecule has 0 fully saturated rings. The third kappa shape index (κ3) is 3.57. The first-order valence-electron chi connectivity index (χ1n) is 8.63. The number of benzene rings is 2. The number of halogens is 2. The maximum atomic E-state index is 12.0. The molecule has 0 aliphatic heterocycles. The van der Waals surface area contributed by atoms with Crippen molar-refractivity contribution in [1.82, 2.24) is 14.8 Å². The fourth-order valence-corrected chi connectivity index (χ4v) is 3.53. The van der Waals surface area contributed by atoms with Gasteiger partial charge in [0.1, 0.15) is 16.5 Å². The van der Waals surface area contributed by atoms with Gasteiger partial charge >= 0.3 is 0 Å². The molecule has 146 valence electrons. The Morgan fingerprint density at radius 1 is 1.24 bits per heavy atom. The van der Waals surface area contributed by atoms with Crippen LogP contribution in [0.4, 0.5) is 17.3 Å². The summed E-state index contributed by atoms with van der Waals surface area (Å²) >= 11 is 12.5. The van der Waals surface area contributed by atoms with Crippen molar-refractivity contribution in [2.24, 2.45) is 17.8 Å². The fourth-order valence-electron chi connectivity index (χ4n) is 3.10. The van der Waals surface area contributed by atoms with Crippen LogP contribution < -0.4 is 11.1 Å². The molecule has 7 nitrogen and oxygen atoms in total. The number of nitrogens with one attached hydrogen (secondary N) is 2. The predicted molar refractivity (Wildman–Crippen MR) is 117 cm³/mol. The van der Waals surface area contributed by atoms with E-state index in [2.05, 4.69) is 20.5 Å². The molecule has 0 bridgehead atoms.